The highest BCUT2D eigenvalue weighted by Crippen LogP contribution is 2.14. The van der Waals surface area contributed by atoms with E-state index in [1.807, 2.05) is 13.0 Å². The lowest BCUT2D eigenvalue weighted by Gasteiger charge is -2.13. The van der Waals surface area contributed by atoms with E-state index in [2.05, 4.69) is 15.6 Å². The summed E-state index contributed by atoms with van der Waals surface area (Å²) in [5, 5.41) is 5.35. The second-order valence-electron chi connectivity index (χ2n) is 4.83. The third kappa shape index (κ3) is 4.59. The van der Waals surface area contributed by atoms with Gasteiger partial charge in [0.2, 0.25) is 5.88 Å². The zero-order chi connectivity index (χ0) is 15.3. The number of hydrogen-bond acceptors (Lipinski definition) is 5. The normalized spacial score (nSPS) is 20.0. The number of carbonyl (C=O) groups excluding carboxylic acids is 1. The predicted molar refractivity (Wildman–Crippen MR) is 77.8 cm³/mol. The van der Waals surface area contributed by atoms with E-state index in [0.717, 1.165) is 5.56 Å². The summed E-state index contributed by atoms with van der Waals surface area (Å²) in [6, 6.07) is 2.89. The molecule has 8 heteroatoms. The number of urea groups is 1. The van der Waals surface area contributed by atoms with Crippen LogP contribution in [0.5, 0.6) is 5.88 Å². The van der Waals surface area contributed by atoms with E-state index in [9.17, 15) is 13.2 Å². The van der Waals surface area contributed by atoms with Crippen LogP contribution in [-0.2, 0) is 16.4 Å². The number of nitrogens with one attached hydrogen (secondary N) is 2. The van der Waals surface area contributed by atoms with Gasteiger partial charge in [-0.25, -0.2) is 18.2 Å². The largest absolute Gasteiger partial charge is 0.478 e. The number of amides is 2. The van der Waals surface area contributed by atoms with Gasteiger partial charge in [-0.2, -0.15) is 0 Å². The molecule has 7 nitrogen and oxygen atoms in total. The molecule has 0 aliphatic carbocycles. The van der Waals surface area contributed by atoms with Crippen molar-refractivity contribution >= 4 is 15.9 Å². The Hall–Kier alpha value is -1.83. The second-order valence-corrected chi connectivity index (χ2v) is 7.06. The van der Waals surface area contributed by atoms with Crippen LogP contribution in [0.1, 0.15) is 18.9 Å². The molecule has 1 aliphatic heterocycles. The third-order valence-electron chi connectivity index (χ3n) is 3.14. The Bertz CT molecular complexity index is 603. The fourth-order valence-electron chi connectivity index (χ4n) is 2.15. The van der Waals surface area contributed by atoms with E-state index in [-0.39, 0.29) is 30.1 Å². The molecular weight excluding hydrogens is 294 g/mol. The summed E-state index contributed by atoms with van der Waals surface area (Å²) < 4.78 is 28.0. The molecule has 1 aliphatic rings. The number of sulfone groups is 1. The molecule has 0 aromatic carbocycles. The summed E-state index contributed by atoms with van der Waals surface area (Å²) >= 11 is 0. The molecule has 2 amide bonds. The lowest BCUT2D eigenvalue weighted by molar-refractivity contribution is 0.237. The van der Waals surface area contributed by atoms with Gasteiger partial charge in [-0.3, -0.25) is 0 Å². The number of carbonyl (C=O) groups is 1. The van der Waals surface area contributed by atoms with E-state index in [0.29, 0.717) is 18.9 Å². The average Bonchev–Trinajstić information content (AvgIpc) is 2.77. The van der Waals surface area contributed by atoms with Crippen molar-refractivity contribution in [3.8, 4) is 5.88 Å². The summed E-state index contributed by atoms with van der Waals surface area (Å²) in [6.07, 6.45) is 2.09. The molecule has 0 spiro atoms. The number of rotatable bonds is 5. The zero-order valence-corrected chi connectivity index (χ0v) is 12.6. The maximum atomic E-state index is 11.8. The van der Waals surface area contributed by atoms with Crippen LogP contribution in [0, 0.1) is 0 Å². The van der Waals surface area contributed by atoms with E-state index in [1.165, 1.54) is 0 Å². The molecule has 2 rings (SSSR count). The molecule has 0 unspecified atom stereocenters. The Morgan fingerprint density at radius 2 is 2.33 bits per heavy atom. The van der Waals surface area contributed by atoms with E-state index in [4.69, 9.17) is 4.74 Å². The molecule has 116 valence electrons. The van der Waals surface area contributed by atoms with Crippen LogP contribution in [-0.4, -0.2) is 43.6 Å². The molecule has 1 atom stereocenters. The smallest absolute Gasteiger partial charge is 0.315 e. The zero-order valence-electron chi connectivity index (χ0n) is 11.8. The Morgan fingerprint density at radius 1 is 1.52 bits per heavy atom. The third-order valence-corrected chi connectivity index (χ3v) is 4.91. The summed E-state index contributed by atoms with van der Waals surface area (Å²) in [6.45, 7) is 2.63. The van der Waals surface area contributed by atoms with Crippen LogP contribution >= 0.6 is 0 Å². The van der Waals surface area contributed by atoms with Gasteiger partial charge in [0.15, 0.2) is 9.84 Å². The predicted octanol–water partition coefficient (Wildman–Crippen LogP) is 0.467. The van der Waals surface area contributed by atoms with Crippen LogP contribution in [0.2, 0.25) is 0 Å². The molecule has 1 saturated heterocycles. The van der Waals surface area contributed by atoms with E-state index < -0.39 is 9.84 Å². The first-order chi connectivity index (χ1) is 10.00. The number of nitrogens with zero attached hydrogens (tertiary/aromatic N) is 1. The van der Waals surface area contributed by atoms with Gasteiger partial charge in [0.25, 0.3) is 0 Å². The van der Waals surface area contributed by atoms with Gasteiger partial charge in [0.1, 0.15) is 0 Å². The van der Waals surface area contributed by atoms with Crippen LogP contribution in [0.3, 0.4) is 0 Å². The minimum Gasteiger partial charge on any atom is -0.478 e. The van der Waals surface area contributed by atoms with Crippen molar-refractivity contribution < 1.29 is 17.9 Å². The molecule has 0 saturated carbocycles. The fourth-order valence-corrected chi connectivity index (χ4v) is 3.82. The Balaban J connectivity index is 1.84. The average molecular weight is 313 g/mol. The number of aromatic nitrogens is 1. The minimum atomic E-state index is -2.99. The first-order valence-electron chi connectivity index (χ1n) is 6.81. The van der Waals surface area contributed by atoms with Crippen molar-refractivity contribution in [2.75, 3.05) is 18.1 Å². The molecule has 1 aromatic heterocycles. The van der Waals surface area contributed by atoms with Gasteiger partial charge in [-0.05, 0) is 19.4 Å². The molecular formula is C13H19N3O4S. The number of pyridine rings is 1. The van der Waals surface area contributed by atoms with Crippen LogP contribution < -0.4 is 15.4 Å². The number of ether oxygens (including phenoxy) is 1. The van der Waals surface area contributed by atoms with Crippen molar-refractivity contribution in [2.24, 2.45) is 0 Å². The van der Waals surface area contributed by atoms with Crippen molar-refractivity contribution in [3.05, 3.63) is 23.9 Å². The maximum absolute atomic E-state index is 11.8. The lowest BCUT2D eigenvalue weighted by Crippen LogP contribution is -2.42. The molecule has 2 heterocycles. The van der Waals surface area contributed by atoms with Gasteiger partial charge in [0, 0.05) is 24.3 Å². The first-order valence-corrected chi connectivity index (χ1v) is 8.64. The maximum Gasteiger partial charge on any atom is 0.315 e. The first kappa shape index (κ1) is 15.6. The summed E-state index contributed by atoms with van der Waals surface area (Å²) in [7, 11) is -2.99. The van der Waals surface area contributed by atoms with Crippen molar-refractivity contribution in [1.82, 2.24) is 15.6 Å². The quantitative estimate of drug-likeness (QED) is 0.823. The lowest BCUT2D eigenvalue weighted by atomic mass is 10.2. The summed E-state index contributed by atoms with van der Waals surface area (Å²) in [4.78, 5) is 15.9. The van der Waals surface area contributed by atoms with Crippen LogP contribution in [0.15, 0.2) is 18.3 Å². The van der Waals surface area contributed by atoms with Crippen molar-refractivity contribution in [3.63, 3.8) is 0 Å². The van der Waals surface area contributed by atoms with Gasteiger partial charge < -0.3 is 15.4 Å². The molecule has 0 radical (unpaired) electrons. The Kier molecular flexibility index (Phi) is 5.00. The van der Waals surface area contributed by atoms with E-state index >= 15 is 0 Å². The van der Waals surface area contributed by atoms with Crippen LogP contribution in [0.4, 0.5) is 4.79 Å². The van der Waals surface area contributed by atoms with E-state index in [1.54, 1.807) is 12.3 Å². The highest BCUT2D eigenvalue weighted by molar-refractivity contribution is 7.91. The fraction of sp³-hybridized carbons (Fsp3) is 0.538. The summed E-state index contributed by atoms with van der Waals surface area (Å²) in [5.74, 6) is 0.635. The standard InChI is InChI=1S/C13H19N3O4S/c1-2-20-12-10(4-3-6-14-12)8-15-13(17)16-11-5-7-21(18,19)9-11/h3-4,6,11H,2,5,7-9H2,1H3,(H2,15,16,17)/t11-/m1/s1. The minimum absolute atomic E-state index is 0.0114. The van der Waals surface area contributed by atoms with Crippen molar-refractivity contribution in [1.29, 1.82) is 0 Å². The molecule has 1 aromatic rings. The van der Waals surface area contributed by atoms with Gasteiger partial charge in [-0.1, -0.05) is 6.07 Å². The molecule has 2 N–H and O–H groups in total. The van der Waals surface area contributed by atoms with Gasteiger partial charge in [0.05, 0.1) is 18.1 Å². The molecule has 1 fully saturated rings. The van der Waals surface area contributed by atoms with Crippen molar-refractivity contribution in [2.45, 2.75) is 25.9 Å². The SMILES string of the molecule is CCOc1ncccc1CNC(=O)N[C@@H]1CCS(=O)(=O)C1. The topological polar surface area (TPSA) is 97.4 Å². The van der Waals surface area contributed by atoms with Gasteiger partial charge >= 0.3 is 6.03 Å². The monoisotopic (exact) mass is 313 g/mol. The highest BCUT2D eigenvalue weighted by atomic mass is 32.2. The van der Waals surface area contributed by atoms with Crippen LogP contribution in [0.25, 0.3) is 0 Å². The van der Waals surface area contributed by atoms with Gasteiger partial charge in [-0.15, -0.1) is 0 Å². The molecule has 21 heavy (non-hydrogen) atoms. The Morgan fingerprint density at radius 3 is 3.00 bits per heavy atom. The highest BCUT2D eigenvalue weighted by Gasteiger charge is 2.28. The Labute approximate surface area is 124 Å². The second kappa shape index (κ2) is 6.75. The molecule has 0 bridgehead atoms. The number of hydrogen-bond donors (Lipinski definition) is 2. The summed E-state index contributed by atoms with van der Waals surface area (Å²) in [5.41, 5.74) is 0.772.